The number of carboxylic acids is 1. The van der Waals surface area contributed by atoms with Crippen LogP contribution in [0, 0.1) is 5.92 Å². The molecule has 38 heavy (non-hydrogen) atoms. The van der Waals surface area contributed by atoms with E-state index in [9.17, 15) is 27.9 Å². The summed E-state index contributed by atoms with van der Waals surface area (Å²) < 4.78 is 38.7. The van der Waals surface area contributed by atoms with Gasteiger partial charge in [-0.2, -0.15) is 13.2 Å². The van der Waals surface area contributed by atoms with Gasteiger partial charge in [0.2, 0.25) is 5.91 Å². The van der Waals surface area contributed by atoms with E-state index in [2.05, 4.69) is 5.32 Å². The summed E-state index contributed by atoms with van der Waals surface area (Å²) >= 11 is 0. The fraction of sp³-hybridized carbons (Fsp3) is 0.333. The number of nitrogens with one attached hydrogen (secondary N) is 1. The first-order valence-electron chi connectivity index (χ1n) is 12.8. The molecule has 0 aromatic heterocycles. The molecule has 2 aliphatic rings. The minimum absolute atomic E-state index is 0.0180. The Morgan fingerprint density at radius 1 is 1.00 bits per heavy atom. The molecule has 1 saturated carbocycles. The summed E-state index contributed by atoms with van der Waals surface area (Å²) in [4.78, 5) is 26.2. The Bertz CT molecular complexity index is 1340. The van der Waals surface area contributed by atoms with Gasteiger partial charge in [-0.1, -0.05) is 54.6 Å². The largest absolute Gasteiger partial charge is 0.478 e. The summed E-state index contributed by atoms with van der Waals surface area (Å²) in [6, 6.07) is 20.4. The fourth-order valence-corrected chi connectivity index (χ4v) is 5.40. The van der Waals surface area contributed by atoms with Crippen molar-refractivity contribution in [3.8, 4) is 11.1 Å². The molecule has 1 amide bonds. The molecule has 0 bridgehead atoms. The third kappa shape index (κ3) is 5.91. The quantitative estimate of drug-likeness (QED) is 0.394. The third-order valence-electron chi connectivity index (χ3n) is 7.53. The van der Waals surface area contributed by atoms with E-state index < -0.39 is 18.6 Å². The number of carbonyl (C=O) groups is 2. The van der Waals surface area contributed by atoms with Crippen molar-refractivity contribution < 1.29 is 27.9 Å². The first-order valence-corrected chi connectivity index (χ1v) is 12.8. The van der Waals surface area contributed by atoms with Crippen molar-refractivity contribution in [3.63, 3.8) is 0 Å². The van der Waals surface area contributed by atoms with E-state index in [4.69, 9.17) is 0 Å². The molecule has 0 unspecified atom stereocenters. The van der Waals surface area contributed by atoms with Crippen LogP contribution in [0.15, 0.2) is 66.7 Å². The van der Waals surface area contributed by atoms with Gasteiger partial charge in [-0.15, -0.1) is 0 Å². The Labute approximate surface area is 219 Å². The third-order valence-corrected chi connectivity index (χ3v) is 7.53. The Morgan fingerprint density at radius 3 is 2.53 bits per heavy atom. The predicted molar refractivity (Wildman–Crippen MR) is 138 cm³/mol. The average molecular weight is 523 g/mol. The Morgan fingerprint density at radius 2 is 1.79 bits per heavy atom. The van der Waals surface area contributed by atoms with Crippen molar-refractivity contribution in [2.45, 2.75) is 44.4 Å². The van der Waals surface area contributed by atoms with Crippen molar-refractivity contribution in [3.05, 3.63) is 94.5 Å². The zero-order valence-corrected chi connectivity index (χ0v) is 20.8. The highest BCUT2D eigenvalue weighted by molar-refractivity contribution is 5.89. The van der Waals surface area contributed by atoms with Crippen LogP contribution in [-0.2, 0) is 24.3 Å². The van der Waals surface area contributed by atoms with Crippen molar-refractivity contribution in [2.24, 2.45) is 5.92 Å². The molecule has 2 N–H and O–H groups in total. The van der Waals surface area contributed by atoms with Crippen molar-refractivity contribution in [2.75, 3.05) is 13.1 Å². The van der Waals surface area contributed by atoms with E-state index >= 15 is 0 Å². The van der Waals surface area contributed by atoms with Crippen molar-refractivity contribution >= 4 is 11.9 Å². The van der Waals surface area contributed by atoms with Gasteiger partial charge in [0.1, 0.15) is 0 Å². The number of hydrogen-bond donors (Lipinski definition) is 2. The van der Waals surface area contributed by atoms with Crippen LogP contribution in [0.3, 0.4) is 0 Å². The maximum atomic E-state index is 12.9. The number of halogens is 3. The average Bonchev–Trinajstić information content (AvgIpc) is 3.72. The number of rotatable bonds is 8. The van der Waals surface area contributed by atoms with Crippen molar-refractivity contribution in [1.29, 1.82) is 0 Å². The minimum atomic E-state index is -4.23. The molecule has 198 valence electrons. The minimum Gasteiger partial charge on any atom is -0.478 e. The van der Waals surface area contributed by atoms with Gasteiger partial charge in [-0.25, -0.2) is 4.79 Å². The summed E-state index contributed by atoms with van der Waals surface area (Å²) in [5.41, 5.74) is 5.73. The van der Waals surface area contributed by atoms with E-state index in [1.54, 1.807) is 17.0 Å². The highest BCUT2D eigenvalue weighted by atomic mass is 19.4. The summed E-state index contributed by atoms with van der Waals surface area (Å²) in [5, 5.41) is 12.5. The predicted octanol–water partition coefficient (Wildman–Crippen LogP) is 5.78. The van der Waals surface area contributed by atoms with Gasteiger partial charge in [0.25, 0.3) is 0 Å². The van der Waals surface area contributed by atoms with E-state index in [-0.39, 0.29) is 29.9 Å². The van der Waals surface area contributed by atoms with E-state index in [0.717, 1.165) is 39.8 Å². The molecule has 1 aliphatic heterocycles. The number of alkyl halides is 3. The number of carboxylic acid groups (broad SMARTS) is 1. The number of fused-ring (bicyclic) bond motifs is 1. The zero-order valence-electron chi connectivity index (χ0n) is 20.8. The van der Waals surface area contributed by atoms with Gasteiger partial charge in [0.05, 0.1) is 12.0 Å². The van der Waals surface area contributed by atoms with E-state index in [1.165, 1.54) is 6.07 Å². The van der Waals surface area contributed by atoms with Crippen LogP contribution in [0.4, 0.5) is 13.2 Å². The first-order chi connectivity index (χ1) is 18.2. The molecule has 3 aromatic rings. The summed E-state index contributed by atoms with van der Waals surface area (Å²) in [6.07, 6.45) is -3.76. The van der Waals surface area contributed by atoms with Crippen LogP contribution >= 0.6 is 0 Å². The van der Waals surface area contributed by atoms with Crippen molar-refractivity contribution in [1.82, 2.24) is 10.2 Å². The van der Waals surface area contributed by atoms with Crippen LogP contribution in [0.5, 0.6) is 0 Å². The van der Waals surface area contributed by atoms with Crippen LogP contribution in [-0.4, -0.2) is 41.1 Å². The van der Waals surface area contributed by atoms with Gasteiger partial charge < -0.3 is 10.4 Å². The fourth-order valence-electron chi connectivity index (χ4n) is 5.40. The summed E-state index contributed by atoms with van der Waals surface area (Å²) in [6.45, 7) is 1.03. The normalized spacial score (nSPS) is 19.0. The Balaban J connectivity index is 1.37. The molecular weight excluding hydrogens is 493 g/mol. The van der Waals surface area contributed by atoms with Crippen LogP contribution in [0.2, 0.25) is 0 Å². The number of benzene rings is 3. The summed E-state index contributed by atoms with van der Waals surface area (Å²) in [5.74, 6) is -0.899. The maximum Gasteiger partial charge on any atom is 0.390 e. The smallest absolute Gasteiger partial charge is 0.390 e. The second kappa shape index (κ2) is 10.6. The molecule has 0 spiro atoms. The highest BCUT2D eigenvalue weighted by Gasteiger charge is 2.43. The van der Waals surface area contributed by atoms with Gasteiger partial charge in [-0.05, 0) is 64.3 Å². The molecule has 5 nitrogen and oxygen atoms in total. The lowest BCUT2D eigenvalue weighted by Gasteiger charge is -2.32. The molecule has 5 rings (SSSR count). The molecule has 0 radical (unpaired) electrons. The lowest BCUT2D eigenvalue weighted by atomic mass is 9.87. The van der Waals surface area contributed by atoms with Gasteiger partial charge in [0.15, 0.2) is 0 Å². The Kier molecular flexibility index (Phi) is 7.25. The number of carbonyl (C=O) groups excluding carboxylic acids is 1. The molecule has 1 heterocycles. The van der Waals surface area contributed by atoms with Gasteiger partial charge in [-0.3, -0.25) is 9.69 Å². The van der Waals surface area contributed by atoms with Gasteiger partial charge >= 0.3 is 12.1 Å². The van der Waals surface area contributed by atoms with Gasteiger partial charge in [0, 0.05) is 32.1 Å². The number of amides is 1. The SMILES string of the molecule is O=C(O)c1cccc(-c2ccc(CNC(=O)[C@@H]3C[C@H]3c3ccccc3)c3c2CCN(CCC(F)(F)F)C3)c1. The Hall–Kier alpha value is -3.65. The molecule has 3 aromatic carbocycles. The maximum absolute atomic E-state index is 12.9. The lowest BCUT2D eigenvalue weighted by molar-refractivity contribution is -0.138. The number of hydrogen-bond acceptors (Lipinski definition) is 3. The molecule has 0 saturated heterocycles. The van der Waals surface area contributed by atoms with Crippen LogP contribution in [0.1, 0.15) is 51.4 Å². The number of nitrogens with zero attached hydrogens (tertiary/aromatic N) is 1. The lowest BCUT2D eigenvalue weighted by Crippen LogP contribution is -2.35. The summed E-state index contributed by atoms with van der Waals surface area (Å²) in [7, 11) is 0. The highest BCUT2D eigenvalue weighted by Crippen LogP contribution is 2.47. The zero-order chi connectivity index (χ0) is 26.9. The number of aromatic carboxylic acids is 1. The van der Waals surface area contributed by atoms with Crippen LogP contribution < -0.4 is 5.32 Å². The van der Waals surface area contributed by atoms with Crippen LogP contribution in [0.25, 0.3) is 11.1 Å². The second-order valence-corrected chi connectivity index (χ2v) is 10.1. The first kappa shape index (κ1) is 26.0. The van der Waals surface area contributed by atoms with E-state index in [0.29, 0.717) is 26.1 Å². The monoisotopic (exact) mass is 522 g/mol. The molecular formula is C30H29F3N2O3. The molecule has 1 fully saturated rings. The molecule has 2 atom stereocenters. The topological polar surface area (TPSA) is 69.6 Å². The second-order valence-electron chi connectivity index (χ2n) is 10.1. The van der Waals surface area contributed by atoms with E-state index in [1.807, 2.05) is 48.5 Å². The molecule has 8 heteroatoms. The standard InChI is InChI=1S/C30H29F3N2O3/c31-30(32,33)12-14-35-13-11-24-23(20-7-4-8-21(15-20)29(37)38)10-9-22(27(24)18-35)17-34-28(36)26-16-25(26)19-5-2-1-3-6-19/h1-10,15,25-26H,11-14,16-18H2,(H,34,36)(H,37,38)/t25-,26+/m0/s1. The molecule has 1 aliphatic carbocycles.